The number of hydrogen-bond acceptors (Lipinski definition) is 4. The van der Waals surface area contributed by atoms with Crippen LogP contribution in [0.15, 0.2) is 17.7 Å². The number of carbonyl (C=O) groups excluding carboxylic acids is 1. The van der Waals surface area contributed by atoms with Crippen molar-refractivity contribution in [2.24, 2.45) is 5.73 Å². The summed E-state index contributed by atoms with van der Waals surface area (Å²) in [4.78, 5) is 11.9. The van der Waals surface area contributed by atoms with E-state index in [2.05, 4.69) is 12.6 Å². The zero-order chi connectivity index (χ0) is 17.4. The van der Waals surface area contributed by atoms with Gasteiger partial charge in [-0.15, -0.1) is 0 Å². The van der Waals surface area contributed by atoms with Crippen LogP contribution in [0, 0.1) is 12.3 Å². The summed E-state index contributed by atoms with van der Waals surface area (Å²) >= 11 is 4.13. The number of benzene rings is 1. The molecule has 0 fully saturated rings. The van der Waals surface area contributed by atoms with Gasteiger partial charge in [0.15, 0.2) is 5.96 Å². The number of carbonyl (C=O) groups is 1. The lowest BCUT2D eigenvalue weighted by molar-refractivity contribution is -0.185. The molecule has 1 unspecified atom stereocenters. The summed E-state index contributed by atoms with van der Waals surface area (Å²) in [5.74, 6) is -1.42. The molecule has 1 aromatic rings. The Bertz CT molecular complexity index is 701. The molecular formula is C14H14F3N3O2S. The zero-order valence-electron chi connectivity index (χ0n) is 12.0. The third-order valence-electron chi connectivity index (χ3n) is 3.18. The van der Waals surface area contributed by atoms with Crippen molar-refractivity contribution in [3.63, 3.8) is 0 Å². The predicted molar refractivity (Wildman–Crippen MR) is 82.4 cm³/mol. The molecule has 0 saturated carbocycles. The highest BCUT2D eigenvalue weighted by Gasteiger charge is 2.48. The Balaban J connectivity index is 2.56. The molecule has 0 aromatic heterocycles. The number of nitrogens with one attached hydrogen (secondary N) is 2. The van der Waals surface area contributed by atoms with Gasteiger partial charge < -0.3 is 10.5 Å². The lowest BCUT2D eigenvalue weighted by Crippen LogP contribution is -2.46. The zero-order valence-corrected chi connectivity index (χ0v) is 12.9. The van der Waals surface area contributed by atoms with Gasteiger partial charge in [-0.05, 0) is 30.2 Å². The molecular weight excluding hydrogens is 331 g/mol. The monoisotopic (exact) mass is 345 g/mol. The van der Waals surface area contributed by atoms with Gasteiger partial charge in [0, 0.05) is 11.3 Å². The number of fused-ring (bicyclic) bond motifs is 1. The van der Waals surface area contributed by atoms with E-state index >= 15 is 0 Å². The molecule has 2 rings (SSSR count). The maximum atomic E-state index is 13.2. The Morgan fingerprint density at radius 2 is 2.13 bits per heavy atom. The van der Waals surface area contributed by atoms with E-state index in [1.54, 1.807) is 19.1 Å². The van der Waals surface area contributed by atoms with Gasteiger partial charge in [-0.1, -0.05) is 6.07 Å². The summed E-state index contributed by atoms with van der Waals surface area (Å²) < 4.78 is 44.7. The molecule has 1 aliphatic heterocycles. The molecule has 5 nitrogen and oxygen atoms in total. The van der Waals surface area contributed by atoms with Gasteiger partial charge in [0.25, 0.3) is 5.91 Å². The van der Waals surface area contributed by atoms with Gasteiger partial charge in [-0.3, -0.25) is 15.5 Å². The molecule has 0 saturated heterocycles. The Hall–Kier alpha value is -2.16. The average molecular weight is 345 g/mol. The average Bonchev–Trinajstić information content (AvgIpc) is 2.44. The first-order chi connectivity index (χ1) is 10.6. The van der Waals surface area contributed by atoms with Crippen LogP contribution >= 0.6 is 12.6 Å². The summed E-state index contributed by atoms with van der Waals surface area (Å²) in [5.41, 5.74) is 6.00. The number of thiol groups is 1. The van der Waals surface area contributed by atoms with E-state index in [0.717, 1.165) is 11.6 Å². The second-order valence-corrected chi connectivity index (χ2v) is 5.31. The summed E-state index contributed by atoms with van der Waals surface area (Å²) in [5, 5.41) is 8.84. The van der Waals surface area contributed by atoms with Crippen molar-refractivity contribution >= 4 is 30.6 Å². The van der Waals surface area contributed by atoms with Gasteiger partial charge in [0.05, 0.1) is 5.57 Å². The molecule has 1 heterocycles. The van der Waals surface area contributed by atoms with Gasteiger partial charge in [-0.2, -0.15) is 25.8 Å². The standard InChI is InChI=1S/C14H14F3N3O2S/c1-6-2-7(5-23)3-8-4-9(12(21)20-13(18)19)11(14(15,16)17)22-10(6)8/h2-4,11,23H,5H2,1H3,(H4,18,19,20,21). The minimum atomic E-state index is -4.79. The van der Waals surface area contributed by atoms with E-state index in [-0.39, 0.29) is 5.75 Å². The van der Waals surface area contributed by atoms with Crippen LogP contribution in [0.2, 0.25) is 0 Å². The molecule has 124 valence electrons. The number of alkyl halides is 3. The van der Waals surface area contributed by atoms with E-state index < -0.39 is 29.7 Å². The van der Waals surface area contributed by atoms with Crippen LogP contribution in [0.5, 0.6) is 5.75 Å². The van der Waals surface area contributed by atoms with Gasteiger partial charge in [0.1, 0.15) is 5.75 Å². The summed E-state index contributed by atoms with van der Waals surface area (Å²) in [6.07, 6.45) is -6.10. The highest BCUT2D eigenvalue weighted by atomic mass is 32.1. The van der Waals surface area contributed by atoms with Crippen LogP contribution < -0.4 is 15.8 Å². The summed E-state index contributed by atoms with van der Waals surface area (Å²) in [6, 6.07) is 3.27. The van der Waals surface area contributed by atoms with E-state index in [1.807, 2.05) is 5.32 Å². The van der Waals surface area contributed by atoms with Crippen molar-refractivity contribution in [3.8, 4) is 5.75 Å². The minimum absolute atomic E-state index is 0.0669. The normalized spacial score (nSPS) is 16.9. The second kappa shape index (κ2) is 6.15. The Kier molecular flexibility index (Phi) is 4.60. The highest BCUT2D eigenvalue weighted by molar-refractivity contribution is 7.79. The van der Waals surface area contributed by atoms with Gasteiger partial charge in [0.2, 0.25) is 6.10 Å². The number of hydrogen-bond donors (Lipinski definition) is 4. The SMILES string of the molecule is Cc1cc(CS)cc2c1OC(C(F)(F)F)C(C(=O)NC(=N)N)=C2. The number of aryl methyl sites for hydroxylation is 1. The summed E-state index contributed by atoms with van der Waals surface area (Å²) in [6.45, 7) is 1.62. The number of amides is 1. The lowest BCUT2D eigenvalue weighted by Gasteiger charge is -2.29. The Labute approximate surface area is 135 Å². The third-order valence-corrected chi connectivity index (χ3v) is 3.55. The van der Waals surface area contributed by atoms with Crippen LogP contribution in [0.25, 0.3) is 6.08 Å². The predicted octanol–water partition coefficient (Wildman–Crippen LogP) is 2.14. The minimum Gasteiger partial charge on any atom is -0.475 e. The fourth-order valence-electron chi connectivity index (χ4n) is 2.28. The van der Waals surface area contributed by atoms with E-state index in [9.17, 15) is 18.0 Å². The first-order valence-corrected chi connectivity index (χ1v) is 7.11. The number of nitrogens with two attached hydrogens (primary N) is 1. The molecule has 0 aliphatic carbocycles. The van der Waals surface area contributed by atoms with Crippen LogP contribution in [0.3, 0.4) is 0 Å². The van der Waals surface area contributed by atoms with E-state index in [1.165, 1.54) is 0 Å². The molecule has 1 aromatic carbocycles. The topological polar surface area (TPSA) is 88.2 Å². The first-order valence-electron chi connectivity index (χ1n) is 6.48. The van der Waals surface area contributed by atoms with Gasteiger partial charge in [-0.25, -0.2) is 0 Å². The molecule has 0 bridgehead atoms. The van der Waals surface area contributed by atoms with E-state index in [0.29, 0.717) is 16.9 Å². The molecule has 4 N–H and O–H groups in total. The summed E-state index contributed by atoms with van der Waals surface area (Å²) in [7, 11) is 0. The first kappa shape index (κ1) is 17.2. The van der Waals surface area contributed by atoms with Crippen molar-refractivity contribution in [2.75, 3.05) is 0 Å². The van der Waals surface area contributed by atoms with Crippen molar-refractivity contribution in [3.05, 3.63) is 34.4 Å². The number of guanidine groups is 1. The van der Waals surface area contributed by atoms with Crippen molar-refractivity contribution in [1.29, 1.82) is 5.41 Å². The number of rotatable bonds is 2. The fraction of sp³-hybridized carbons (Fsp3) is 0.286. The van der Waals surface area contributed by atoms with Crippen molar-refractivity contribution < 1.29 is 22.7 Å². The molecule has 23 heavy (non-hydrogen) atoms. The van der Waals surface area contributed by atoms with Crippen LogP contribution in [-0.2, 0) is 10.5 Å². The molecule has 9 heteroatoms. The number of ether oxygens (including phenoxy) is 1. The third kappa shape index (κ3) is 3.61. The quantitative estimate of drug-likeness (QED) is 0.376. The molecule has 1 atom stereocenters. The van der Waals surface area contributed by atoms with Crippen molar-refractivity contribution in [2.45, 2.75) is 25.0 Å². The largest absolute Gasteiger partial charge is 0.475 e. The maximum Gasteiger partial charge on any atom is 0.429 e. The Morgan fingerprint density at radius 1 is 1.48 bits per heavy atom. The van der Waals surface area contributed by atoms with Crippen LogP contribution in [-0.4, -0.2) is 24.1 Å². The molecule has 1 aliphatic rings. The molecule has 1 amide bonds. The van der Waals surface area contributed by atoms with Crippen LogP contribution in [0.1, 0.15) is 16.7 Å². The lowest BCUT2D eigenvalue weighted by atomic mass is 9.97. The molecule has 0 spiro atoms. The smallest absolute Gasteiger partial charge is 0.429 e. The van der Waals surface area contributed by atoms with Gasteiger partial charge >= 0.3 is 6.18 Å². The van der Waals surface area contributed by atoms with E-state index in [4.69, 9.17) is 15.9 Å². The van der Waals surface area contributed by atoms with Crippen LogP contribution in [0.4, 0.5) is 13.2 Å². The van der Waals surface area contributed by atoms with Crippen molar-refractivity contribution in [1.82, 2.24) is 5.32 Å². The second-order valence-electron chi connectivity index (χ2n) is 5.00. The maximum absolute atomic E-state index is 13.2. The number of halogens is 3. The molecule has 0 radical (unpaired) electrons. The fourth-order valence-corrected chi connectivity index (χ4v) is 2.47. The Morgan fingerprint density at radius 3 is 2.65 bits per heavy atom. The highest BCUT2D eigenvalue weighted by Crippen LogP contribution is 2.39.